The molecule has 0 radical (unpaired) electrons. The summed E-state index contributed by atoms with van der Waals surface area (Å²) < 4.78 is 5.61. The van der Waals surface area contributed by atoms with Crippen LogP contribution in [0, 0.1) is 10.1 Å². The topological polar surface area (TPSA) is 198 Å². The molecule has 3 aliphatic heterocycles. The van der Waals surface area contributed by atoms with Crippen LogP contribution in [0.2, 0.25) is 0 Å². The fraction of sp³-hybridized carbons (Fsp3) is 0.370. The quantitative estimate of drug-likeness (QED) is 0.155. The Morgan fingerprint density at radius 3 is 2.55 bits per heavy atom. The Morgan fingerprint density at radius 1 is 1.10 bits per heavy atom. The van der Waals surface area contributed by atoms with Crippen LogP contribution in [0.25, 0.3) is 0 Å². The van der Waals surface area contributed by atoms with Gasteiger partial charge in [-0.3, -0.25) is 49.2 Å². The highest BCUT2D eigenvalue weighted by molar-refractivity contribution is 6.24. The molecular weight excluding hydrogens is 550 g/mol. The van der Waals surface area contributed by atoms with Crippen LogP contribution < -0.4 is 26.0 Å². The fourth-order valence-corrected chi connectivity index (χ4v) is 5.29. The normalized spacial score (nSPS) is 19.0. The molecule has 4 N–H and O–H groups in total. The lowest BCUT2D eigenvalue weighted by atomic mass is 10.0. The first-order valence-electron chi connectivity index (χ1n) is 13.4. The summed E-state index contributed by atoms with van der Waals surface area (Å²) in [7, 11) is 0. The van der Waals surface area contributed by atoms with E-state index >= 15 is 0 Å². The Labute approximate surface area is 239 Å². The van der Waals surface area contributed by atoms with Crippen molar-refractivity contribution in [2.75, 3.05) is 56.5 Å². The Balaban J connectivity index is 1.08. The van der Waals surface area contributed by atoms with Crippen LogP contribution in [0.15, 0.2) is 36.4 Å². The lowest BCUT2D eigenvalue weighted by molar-refractivity contribution is -0.383. The summed E-state index contributed by atoms with van der Waals surface area (Å²) in [6, 6.07) is 8.04. The molecule has 3 aliphatic rings. The molecule has 5 rings (SSSR count). The zero-order chi connectivity index (χ0) is 30.0. The van der Waals surface area contributed by atoms with E-state index in [4.69, 9.17) is 10.5 Å². The molecule has 15 nitrogen and oxygen atoms in total. The van der Waals surface area contributed by atoms with Crippen molar-refractivity contribution in [1.29, 1.82) is 0 Å². The van der Waals surface area contributed by atoms with Crippen molar-refractivity contribution in [3.8, 4) is 5.75 Å². The van der Waals surface area contributed by atoms with E-state index < -0.39 is 40.5 Å². The zero-order valence-corrected chi connectivity index (χ0v) is 22.5. The Bertz CT molecular complexity index is 1470. The summed E-state index contributed by atoms with van der Waals surface area (Å²) >= 11 is 0. The number of amides is 5. The number of nitro benzene ring substituents is 1. The second-order valence-corrected chi connectivity index (χ2v) is 10.1. The van der Waals surface area contributed by atoms with Gasteiger partial charge in [0.05, 0.1) is 16.1 Å². The zero-order valence-electron chi connectivity index (χ0n) is 22.5. The van der Waals surface area contributed by atoms with Crippen molar-refractivity contribution in [1.82, 2.24) is 20.4 Å². The highest BCUT2D eigenvalue weighted by atomic mass is 16.6. The van der Waals surface area contributed by atoms with Gasteiger partial charge in [-0.15, -0.1) is 0 Å². The maximum atomic E-state index is 13.1. The molecule has 0 bridgehead atoms. The lowest BCUT2D eigenvalue weighted by Crippen LogP contribution is -2.54. The number of hydrogen-bond acceptors (Lipinski definition) is 11. The monoisotopic (exact) mass is 579 g/mol. The number of ether oxygens (including phenoxy) is 1. The van der Waals surface area contributed by atoms with Crippen molar-refractivity contribution < 1.29 is 33.6 Å². The van der Waals surface area contributed by atoms with E-state index in [0.717, 1.165) is 23.7 Å². The average Bonchev–Trinajstić information content (AvgIpc) is 3.22. The maximum absolute atomic E-state index is 13.1. The van der Waals surface area contributed by atoms with Crippen molar-refractivity contribution in [3.05, 3.63) is 57.6 Å². The fourth-order valence-electron chi connectivity index (χ4n) is 5.29. The number of carbonyl (C=O) groups is 5. The van der Waals surface area contributed by atoms with Gasteiger partial charge in [0.1, 0.15) is 17.5 Å². The van der Waals surface area contributed by atoms with Gasteiger partial charge in [-0.2, -0.15) is 0 Å². The van der Waals surface area contributed by atoms with Crippen molar-refractivity contribution >= 4 is 46.6 Å². The van der Waals surface area contributed by atoms with Crippen LogP contribution in [-0.4, -0.2) is 96.2 Å². The summed E-state index contributed by atoms with van der Waals surface area (Å²) in [6.45, 7) is 3.40. The van der Waals surface area contributed by atoms with Gasteiger partial charge < -0.3 is 20.7 Å². The van der Waals surface area contributed by atoms with Crippen LogP contribution >= 0.6 is 0 Å². The molecule has 2 aromatic carbocycles. The molecule has 220 valence electrons. The second kappa shape index (κ2) is 11.8. The number of nitrogens with two attached hydrogens (primary N) is 1. The molecule has 1 unspecified atom stereocenters. The van der Waals surface area contributed by atoms with Gasteiger partial charge in [0.25, 0.3) is 23.4 Å². The SMILES string of the molecule is Nc1cc(N2CCN(CCNC(=O)COc3cccc4c3C(=O)N(C3CCC(=O)NC3=O)C4=O)CC2)ccc1[N+](=O)[O-]. The summed E-state index contributed by atoms with van der Waals surface area (Å²) in [5.41, 5.74) is 6.67. The number of hydrogen-bond donors (Lipinski definition) is 3. The molecule has 3 heterocycles. The van der Waals surface area contributed by atoms with Gasteiger partial charge in [0.15, 0.2) is 6.61 Å². The smallest absolute Gasteiger partial charge is 0.292 e. The second-order valence-electron chi connectivity index (χ2n) is 10.1. The third-order valence-electron chi connectivity index (χ3n) is 7.48. The number of imide groups is 2. The van der Waals surface area contributed by atoms with Crippen LogP contribution in [0.4, 0.5) is 17.1 Å². The summed E-state index contributed by atoms with van der Waals surface area (Å²) in [4.78, 5) is 77.9. The van der Waals surface area contributed by atoms with Crippen LogP contribution in [0.1, 0.15) is 33.6 Å². The van der Waals surface area contributed by atoms with Gasteiger partial charge in [0, 0.05) is 57.4 Å². The molecule has 0 saturated carbocycles. The molecule has 5 amide bonds. The maximum Gasteiger partial charge on any atom is 0.292 e. The summed E-state index contributed by atoms with van der Waals surface area (Å²) in [5.74, 6) is -2.89. The number of anilines is 2. The number of carbonyl (C=O) groups excluding carboxylic acids is 5. The van der Waals surface area contributed by atoms with Crippen molar-refractivity contribution in [2.24, 2.45) is 0 Å². The van der Waals surface area contributed by atoms with Crippen LogP contribution in [-0.2, 0) is 14.4 Å². The first-order chi connectivity index (χ1) is 20.1. The van der Waals surface area contributed by atoms with Gasteiger partial charge in [0.2, 0.25) is 11.8 Å². The molecule has 0 aromatic heterocycles. The van der Waals surface area contributed by atoms with Crippen molar-refractivity contribution in [2.45, 2.75) is 18.9 Å². The summed E-state index contributed by atoms with van der Waals surface area (Å²) in [5, 5.41) is 15.9. The molecule has 2 aromatic rings. The first kappa shape index (κ1) is 28.5. The van der Waals surface area contributed by atoms with E-state index in [1.807, 2.05) is 0 Å². The molecule has 0 spiro atoms. The molecule has 2 fully saturated rings. The van der Waals surface area contributed by atoms with E-state index in [2.05, 4.69) is 20.4 Å². The number of rotatable bonds is 9. The molecule has 42 heavy (non-hydrogen) atoms. The molecular formula is C27H29N7O8. The van der Waals surface area contributed by atoms with E-state index in [0.29, 0.717) is 26.2 Å². The third-order valence-corrected chi connectivity index (χ3v) is 7.48. The van der Waals surface area contributed by atoms with Gasteiger partial charge in [-0.25, -0.2) is 0 Å². The number of fused-ring (bicyclic) bond motifs is 1. The summed E-state index contributed by atoms with van der Waals surface area (Å²) in [6.07, 6.45) is 0.0490. The Morgan fingerprint density at radius 2 is 1.86 bits per heavy atom. The predicted molar refractivity (Wildman–Crippen MR) is 148 cm³/mol. The molecule has 15 heteroatoms. The molecule has 1 atom stereocenters. The molecule has 0 aliphatic carbocycles. The number of nitrogens with zero attached hydrogens (tertiary/aromatic N) is 4. The van der Waals surface area contributed by atoms with E-state index in [9.17, 15) is 34.1 Å². The highest BCUT2D eigenvalue weighted by Gasteiger charge is 2.46. The van der Waals surface area contributed by atoms with Crippen LogP contribution in [0.3, 0.4) is 0 Å². The average molecular weight is 580 g/mol. The van der Waals surface area contributed by atoms with E-state index in [1.54, 1.807) is 12.1 Å². The number of benzene rings is 2. The predicted octanol–water partition coefficient (Wildman–Crippen LogP) is -0.105. The van der Waals surface area contributed by atoms with E-state index in [-0.39, 0.29) is 47.7 Å². The number of nitrogens with one attached hydrogen (secondary N) is 2. The Hall–Kier alpha value is -5.05. The van der Waals surface area contributed by atoms with Gasteiger partial charge in [-0.1, -0.05) is 6.07 Å². The molecule has 2 saturated heterocycles. The number of nitrogen functional groups attached to an aromatic ring is 1. The van der Waals surface area contributed by atoms with Gasteiger partial charge >= 0.3 is 0 Å². The van der Waals surface area contributed by atoms with Crippen LogP contribution in [0.5, 0.6) is 5.75 Å². The minimum Gasteiger partial charge on any atom is -0.483 e. The number of piperidine rings is 1. The standard InChI is InChI=1S/C27H29N7O8/c28-18-14-16(4-5-19(18)34(40)41)32-12-10-31(11-13-32)9-8-29-23(36)15-42-21-3-1-2-17-24(21)27(39)33(26(17)38)20-6-7-22(35)30-25(20)37/h1-5,14,20H,6-13,15,28H2,(H,29,36)(H,30,35,37). The van der Waals surface area contributed by atoms with Crippen molar-refractivity contribution in [3.63, 3.8) is 0 Å². The third kappa shape index (κ3) is 5.72. The number of piperazine rings is 1. The first-order valence-corrected chi connectivity index (χ1v) is 13.4. The Kier molecular flexibility index (Phi) is 8.01. The minimum atomic E-state index is -1.10. The number of nitro groups is 1. The van der Waals surface area contributed by atoms with Gasteiger partial charge in [-0.05, 0) is 30.7 Å². The largest absolute Gasteiger partial charge is 0.483 e. The van der Waals surface area contributed by atoms with E-state index in [1.165, 1.54) is 24.3 Å². The minimum absolute atomic E-state index is 0.0118. The lowest BCUT2D eigenvalue weighted by Gasteiger charge is -2.36. The highest BCUT2D eigenvalue weighted by Crippen LogP contribution is 2.33.